The summed E-state index contributed by atoms with van der Waals surface area (Å²) < 4.78 is 16.0. The molecule has 1 atom stereocenters. The number of nitrogens with zero attached hydrogens (tertiary/aromatic N) is 6. The Kier molecular flexibility index (Phi) is 5.63. The Bertz CT molecular complexity index is 881. The summed E-state index contributed by atoms with van der Waals surface area (Å²) in [5.74, 6) is 2.37. The van der Waals surface area contributed by atoms with E-state index in [2.05, 4.69) is 30.1 Å². The molecule has 1 aliphatic rings. The van der Waals surface area contributed by atoms with Gasteiger partial charge < -0.3 is 18.7 Å². The number of rotatable bonds is 6. The largest absolute Gasteiger partial charge is 0.374 e. The van der Waals surface area contributed by atoms with Crippen LogP contribution < -0.4 is 4.90 Å². The fraction of sp³-hybridized carbons (Fsp3) is 0.474. The summed E-state index contributed by atoms with van der Waals surface area (Å²) in [6.45, 7) is 6.00. The van der Waals surface area contributed by atoms with Gasteiger partial charge in [0.2, 0.25) is 5.89 Å². The number of hydrogen-bond donors (Lipinski definition) is 0. The number of ether oxygens (including phenoxy) is 1. The molecular weight excluding hydrogens is 360 g/mol. The molecule has 0 saturated carbocycles. The average molecular weight is 384 g/mol. The van der Waals surface area contributed by atoms with Crippen molar-refractivity contribution in [3.05, 3.63) is 42.0 Å². The first-order valence-corrected chi connectivity index (χ1v) is 9.44. The lowest BCUT2D eigenvalue weighted by Gasteiger charge is -2.19. The third kappa shape index (κ3) is 4.20. The van der Waals surface area contributed by atoms with E-state index in [4.69, 9.17) is 13.8 Å². The molecule has 0 spiro atoms. The Morgan fingerprint density at radius 1 is 1.04 bits per heavy atom. The Morgan fingerprint density at radius 3 is 2.71 bits per heavy atom. The summed E-state index contributed by atoms with van der Waals surface area (Å²) in [6, 6.07) is 9.81. The maximum Gasteiger partial charge on any atom is 0.266 e. The van der Waals surface area contributed by atoms with Gasteiger partial charge in [-0.15, -0.1) is 0 Å². The Balaban J connectivity index is 1.36. The van der Waals surface area contributed by atoms with Crippen LogP contribution in [0.25, 0.3) is 11.5 Å². The molecule has 1 unspecified atom stereocenters. The first-order valence-electron chi connectivity index (χ1n) is 9.44. The third-order valence-electron chi connectivity index (χ3n) is 4.87. The van der Waals surface area contributed by atoms with Crippen LogP contribution in [-0.2, 0) is 11.3 Å². The van der Waals surface area contributed by atoms with Gasteiger partial charge in [-0.2, -0.15) is 9.97 Å². The van der Waals surface area contributed by atoms with Crippen LogP contribution >= 0.6 is 0 Å². The van der Waals surface area contributed by atoms with Crippen LogP contribution in [0.1, 0.15) is 31.2 Å². The summed E-state index contributed by atoms with van der Waals surface area (Å²) >= 11 is 0. The Morgan fingerprint density at radius 2 is 1.89 bits per heavy atom. The lowest BCUT2D eigenvalue weighted by Crippen LogP contribution is -2.31. The summed E-state index contributed by atoms with van der Waals surface area (Å²) in [5, 5.41) is 8.15. The molecule has 9 heteroatoms. The highest BCUT2D eigenvalue weighted by Crippen LogP contribution is 2.21. The van der Waals surface area contributed by atoms with Crippen LogP contribution in [0.15, 0.2) is 39.4 Å². The van der Waals surface area contributed by atoms with Crippen molar-refractivity contribution in [3.8, 4) is 11.5 Å². The molecule has 1 saturated heterocycles. The summed E-state index contributed by atoms with van der Waals surface area (Å²) in [5.41, 5.74) is 0.926. The first kappa shape index (κ1) is 18.6. The van der Waals surface area contributed by atoms with Gasteiger partial charge in [-0.3, -0.25) is 4.90 Å². The zero-order valence-electron chi connectivity index (χ0n) is 16.1. The van der Waals surface area contributed by atoms with Crippen molar-refractivity contribution in [2.24, 2.45) is 0 Å². The predicted octanol–water partition coefficient (Wildman–Crippen LogP) is 2.54. The van der Waals surface area contributed by atoms with Gasteiger partial charge in [-0.1, -0.05) is 23.4 Å². The number of hydrogen-bond acceptors (Lipinski definition) is 9. The van der Waals surface area contributed by atoms with E-state index in [9.17, 15) is 0 Å². The minimum Gasteiger partial charge on any atom is -0.374 e. The van der Waals surface area contributed by atoms with Crippen molar-refractivity contribution in [3.63, 3.8) is 0 Å². The summed E-state index contributed by atoms with van der Waals surface area (Å²) in [7, 11) is 1.63. The first-order chi connectivity index (χ1) is 13.7. The number of benzene rings is 1. The highest BCUT2D eigenvalue weighted by Gasteiger charge is 2.21. The van der Waals surface area contributed by atoms with Gasteiger partial charge in [0.15, 0.2) is 5.82 Å². The maximum atomic E-state index is 5.44. The molecular formula is C19H24N6O3. The molecule has 3 aromatic rings. The monoisotopic (exact) mass is 384 g/mol. The van der Waals surface area contributed by atoms with Crippen LogP contribution in [0.5, 0.6) is 0 Å². The van der Waals surface area contributed by atoms with Gasteiger partial charge in [0.05, 0.1) is 6.54 Å². The molecule has 0 aliphatic carbocycles. The standard InChI is InChI=1S/C19H24N6O3/c1-14(26-2)17-20-16(27-22-17)13-24-9-6-10-25(12-11-24)19-21-18(28-23-19)15-7-4-3-5-8-15/h3-5,7-8,14H,6,9-13H2,1-2H3. The molecule has 0 N–H and O–H groups in total. The molecule has 4 rings (SSSR count). The fourth-order valence-electron chi connectivity index (χ4n) is 3.17. The van der Waals surface area contributed by atoms with Crippen LogP contribution in [-0.4, -0.2) is 58.5 Å². The summed E-state index contributed by atoms with van der Waals surface area (Å²) in [4.78, 5) is 13.4. The quantitative estimate of drug-likeness (QED) is 0.635. The van der Waals surface area contributed by atoms with Crippen molar-refractivity contribution >= 4 is 5.95 Å². The van der Waals surface area contributed by atoms with Crippen molar-refractivity contribution < 1.29 is 13.8 Å². The van der Waals surface area contributed by atoms with E-state index < -0.39 is 0 Å². The molecule has 0 amide bonds. The Hall–Kier alpha value is -2.78. The molecule has 1 aliphatic heterocycles. The van der Waals surface area contributed by atoms with E-state index in [0.29, 0.717) is 30.1 Å². The van der Waals surface area contributed by atoms with Crippen LogP contribution in [0.4, 0.5) is 5.95 Å². The smallest absolute Gasteiger partial charge is 0.266 e. The third-order valence-corrected chi connectivity index (χ3v) is 4.87. The van der Waals surface area contributed by atoms with Crippen LogP contribution in [0, 0.1) is 0 Å². The SMILES string of the molecule is COC(C)c1noc(CN2CCCN(c3noc(-c4ccccc4)n3)CC2)n1. The summed E-state index contributed by atoms with van der Waals surface area (Å²) in [6.07, 6.45) is 0.819. The Labute approximate surface area is 163 Å². The molecule has 0 radical (unpaired) electrons. The van der Waals surface area contributed by atoms with Crippen LogP contribution in [0.2, 0.25) is 0 Å². The normalized spacial score (nSPS) is 16.9. The van der Waals surface area contributed by atoms with Gasteiger partial charge in [0, 0.05) is 38.9 Å². The average Bonchev–Trinajstić information content (AvgIpc) is 3.35. The number of anilines is 1. The molecule has 3 heterocycles. The maximum absolute atomic E-state index is 5.44. The van der Waals surface area contributed by atoms with Crippen molar-refractivity contribution in [1.82, 2.24) is 25.2 Å². The molecule has 148 valence electrons. The van der Waals surface area contributed by atoms with Gasteiger partial charge in [-0.25, -0.2) is 0 Å². The van der Waals surface area contributed by atoms with Gasteiger partial charge >= 0.3 is 0 Å². The van der Waals surface area contributed by atoms with E-state index in [-0.39, 0.29) is 6.10 Å². The highest BCUT2D eigenvalue weighted by molar-refractivity contribution is 5.54. The number of aromatic nitrogens is 4. The molecule has 0 bridgehead atoms. The molecule has 9 nitrogen and oxygen atoms in total. The van der Waals surface area contributed by atoms with Gasteiger partial charge in [-0.05, 0) is 30.6 Å². The molecule has 2 aromatic heterocycles. The van der Waals surface area contributed by atoms with Crippen molar-refractivity contribution in [1.29, 1.82) is 0 Å². The topological polar surface area (TPSA) is 93.6 Å². The van der Waals surface area contributed by atoms with E-state index >= 15 is 0 Å². The van der Waals surface area contributed by atoms with Gasteiger partial charge in [0.1, 0.15) is 6.10 Å². The molecule has 1 fully saturated rings. The molecule has 28 heavy (non-hydrogen) atoms. The van der Waals surface area contributed by atoms with E-state index in [1.807, 2.05) is 37.3 Å². The second-order valence-corrected chi connectivity index (χ2v) is 6.81. The zero-order valence-corrected chi connectivity index (χ0v) is 16.1. The van der Waals surface area contributed by atoms with E-state index in [1.165, 1.54) is 0 Å². The van der Waals surface area contributed by atoms with Crippen molar-refractivity contribution in [2.75, 3.05) is 38.2 Å². The lowest BCUT2D eigenvalue weighted by molar-refractivity contribution is 0.109. The van der Waals surface area contributed by atoms with Crippen molar-refractivity contribution in [2.45, 2.75) is 26.0 Å². The lowest BCUT2D eigenvalue weighted by atomic mass is 10.2. The predicted molar refractivity (Wildman–Crippen MR) is 102 cm³/mol. The highest BCUT2D eigenvalue weighted by atomic mass is 16.5. The van der Waals surface area contributed by atoms with E-state index in [0.717, 1.165) is 38.2 Å². The second kappa shape index (κ2) is 8.49. The van der Waals surface area contributed by atoms with E-state index in [1.54, 1.807) is 7.11 Å². The fourth-order valence-corrected chi connectivity index (χ4v) is 3.17. The van der Waals surface area contributed by atoms with Crippen LogP contribution in [0.3, 0.4) is 0 Å². The molecule has 1 aromatic carbocycles. The minimum atomic E-state index is -0.172. The number of methoxy groups -OCH3 is 1. The van der Waals surface area contributed by atoms with Gasteiger partial charge in [0.25, 0.3) is 11.8 Å². The minimum absolute atomic E-state index is 0.172. The second-order valence-electron chi connectivity index (χ2n) is 6.81. The zero-order chi connectivity index (χ0) is 19.3.